The molecule has 32 heavy (non-hydrogen) atoms. The lowest BCUT2D eigenvalue weighted by molar-refractivity contribution is -0.123. The fourth-order valence-corrected chi connectivity index (χ4v) is 3.08. The maximum Gasteiger partial charge on any atom is 0.363 e. The third-order valence-electron chi connectivity index (χ3n) is 4.64. The third-order valence-corrected chi connectivity index (χ3v) is 4.89. The number of amides is 1. The van der Waals surface area contributed by atoms with Crippen LogP contribution in [-0.2, 0) is 9.53 Å². The number of esters is 1. The Balaban J connectivity index is 1.80. The van der Waals surface area contributed by atoms with Gasteiger partial charge in [0.1, 0.15) is 5.75 Å². The molecule has 0 bridgehead atoms. The summed E-state index contributed by atoms with van der Waals surface area (Å²) in [5, 5.41) is 7.35. The van der Waals surface area contributed by atoms with E-state index in [1.54, 1.807) is 43.3 Å². The average molecular weight is 456 g/mol. The van der Waals surface area contributed by atoms with Crippen molar-refractivity contribution in [1.29, 1.82) is 0 Å². The van der Waals surface area contributed by atoms with E-state index in [1.807, 2.05) is 13.0 Å². The normalized spacial score (nSPS) is 11.5. The van der Waals surface area contributed by atoms with Gasteiger partial charge in [-0.2, -0.15) is 5.10 Å². The van der Waals surface area contributed by atoms with Crippen LogP contribution in [0.5, 0.6) is 5.75 Å². The highest BCUT2D eigenvalue weighted by Gasteiger charge is 2.24. The lowest BCUT2D eigenvalue weighted by Gasteiger charge is -2.16. The van der Waals surface area contributed by atoms with Gasteiger partial charge in [-0.25, -0.2) is 9.48 Å². The predicted molar refractivity (Wildman–Crippen MR) is 121 cm³/mol. The molecule has 0 saturated heterocycles. The molecular weight excluding hydrogens is 434 g/mol. The van der Waals surface area contributed by atoms with Crippen molar-refractivity contribution in [3.63, 3.8) is 0 Å². The molecule has 9 heteroatoms. The van der Waals surface area contributed by atoms with Gasteiger partial charge in [0.15, 0.2) is 6.10 Å². The van der Waals surface area contributed by atoms with Crippen LogP contribution in [0.2, 0.25) is 5.02 Å². The lowest BCUT2D eigenvalue weighted by atomic mass is 10.2. The number of hydrogen-bond acceptors (Lipinski definition) is 6. The van der Waals surface area contributed by atoms with Crippen LogP contribution in [0, 0.1) is 13.8 Å². The molecule has 3 rings (SSSR count). The minimum Gasteiger partial charge on any atom is -0.495 e. The highest BCUT2D eigenvalue weighted by Crippen LogP contribution is 2.25. The summed E-state index contributed by atoms with van der Waals surface area (Å²) in [6.45, 7) is 4.96. The number of anilines is 1. The Bertz CT molecular complexity index is 1220. The quantitative estimate of drug-likeness (QED) is 0.569. The summed E-state index contributed by atoms with van der Waals surface area (Å²) in [5.41, 5.74) is 1.45. The van der Waals surface area contributed by atoms with Crippen molar-refractivity contribution in [3.8, 4) is 11.4 Å². The van der Waals surface area contributed by atoms with Gasteiger partial charge in [-0.15, -0.1) is 0 Å². The first-order chi connectivity index (χ1) is 15.2. The van der Waals surface area contributed by atoms with Gasteiger partial charge in [0.2, 0.25) is 11.1 Å². The molecule has 3 aromatic rings. The standard InChI is InChI=1S/C23H22ClN3O5/c1-13-5-10-20(31-4)18(11-13)25-22(29)15(3)32-23(30)21-19(28)12-14(2)27(26-21)17-8-6-16(24)7-9-17/h5-12,15H,1-4H3,(H,25,29)/t15-/m0/s1. The van der Waals surface area contributed by atoms with Crippen molar-refractivity contribution in [3.05, 3.63) is 80.7 Å². The van der Waals surface area contributed by atoms with Gasteiger partial charge in [0, 0.05) is 16.8 Å². The zero-order valence-electron chi connectivity index (χ0n) is 18.0. The van der Waals surface area contributed by atoms with E-state index in [4.69, 9.17) is 21.1 Å². The first kappa shape index (κ1) is 23.0. The van der Waals surface area contributed by atoms with Crippen LogP contribution in [0.4, 0.5) is 5.69 Å². The number of benzene rings is 2. The van der Waals surface area contributed by atoms with Crippen LogP contribution in [0.15, 0.2) is 53.3 Å². The Hall–Kier alpha value is -3.65. The van der Waals surface area contributed by atoms with E-state index in [9.17, 15) is 14.4 Å². The molecular formula is C23H22ClN3O5. The molecule has 0 aliphatic carbocycles. The molecule has 1 amide bonds. The van der Waals surface area contributed by atoms with Crippen molar-refractivity contribution in [2.45, 2.75) is 26.9 Å². The Labute approximate surface area is 189 Å². The molecule has 1 aromatic heterocycles. The minimum atomic E-state index is -1.18. The SMILES string of the molecule is COc1ccc(C)cc1NC(=O)[C@H](C)OC(=O)c1nn(-c2ccc(Cl)cc2)c(C)cc1=O. The number of rotatable bonds is 6. The zero-order valence-corrected chi connectivity index (χ0v) is 18.8. The van der Waals surface area contributed by atoms with E-state index in [0.717, 1.165) is 5.56 Å². The molecule has 0 aliphatic heterocycles. The molecule has 0 aliphatic rings. The fourth-order valence-electron chi connectivity index (χ4n) is 2.96. The molecule has 8 nitrogen and oxygen atoms in total. The minimum absolute atomic E-state index is 0.432. The number of hydrogen-bond donors (Lipinski definition) is 1. The highest BCUT2D eigenvalue weighted by molar-refractivity contribution is 6.30. The molecule has 1 heterocycles. The second kappa shape index (κ2) is 9.65. The second-order valence-corrected chi connectivity index (χ2v) is 7.56. The van der Waals surface area contributed by atoms with Crippen molar-refractivity contribution < 1.29 is 19.1 Å². The first-order valence-corrected chi connectivity index (χ1v) is 10.1. The summed E-state index contributed by atoms with van der Waals surface area (Å²) in [6.07, 6.45) is -1.18. The molecule has 166 valence electrons. The first-order valence-electron chi connectivity index (χ1n) is 9.73. The Morgan fingerprint density at radius 1 is 1.09 bits per heavy atom. The molecule has 0 radical (unpaired) electrons. The second-order valence-electron chi connectivity index (χ2n) is 7.13. The number of carbonyl (C=O) groups is 2. The van der Waals surface area contributed by atoms with Crippen LogP contribution in [0.25, 0.3) is 5.69 Å². The van der Waals surface area contributed by atoms with Crippen molar-refractivity contribution in [2.24, 2.45) is 0 Å². The van der Waals surface area contributed by atoms with E-state index < -0.39 is 29.1 Å². The number of nitrogens with zero attached hydrogens (tertiary/aromatic N) is 2. The van der Waals surface area contributed by atoms with Gasteiger partial charge >= 0.3 is 5.97 Å². The van der Waals surface area contributed by atoms with E-state index >= 15 is 0 Å². The molecule has 0 unspecified atom stereocenters. The summed E-state index contributed by atoms with van der Waals surface area (Å²) in [5.74, 6) is -1.11. The maximum absolute atomic E-state index is 12.6. The fraction of sp³-hybridized carbons (Fsp3) is 0.217. The molecule has 1 atom stereocenters. The lowest BCUT2D eigenvalue weighted by Crippen LogP contribution is -2.33. The third kappa shape index (κ3) is 5.15. The van der Waals surface area contributed by atoms with Gasteiger partial charge in [0.05, 0.1) is 18.5 Å². The molecule has 0 spiro atoms. The number of nitrogens with one attached hydrogen (secondary N) is 1. The number of aryl methyl sites for hydroxylation is 2. The average Bonchev–Trinajstić information content (AvgIpc) is 2.74. The van der Waals surface area contributed by atoms with E-state index in [2.05, 4.69) is 10.4 Å². The van der Waals surface area contributed by atoms with Crippen molar-refractivity contribution in [2.75, 3.05) is 12.4 Å². The van der Waals surface area contributed by atoms with Gasteiger partial charge in [-0.05, 0) is 62.7 Å². The topological polar surface area (TPSA) is 99.5 Å². The number of aromatic nitrogens is 2. The maximum atomic E-state index is 12.6. The van der Waals surface area contributed by atoms with Crippen molar-refractivity contribution in [1.82, 2.24) is 9.78 Å². The van der Waals surface area contributed by atoms with Gasteiger partial charge < -0.3 is 14.8 Å². The Morgan fingerprint density at radius 2 is 1.78 bits per heavy atom. The summed E-state index contributed by atoms with van der Waals surface area (Å²) >= 11 is 5.92. The predicted octanol–water partition coefficient (Wildman–Crippen LogP) is 3.70. The van der Waals surface area contributed by atoms with Crippen LogP contribution < -0.4 is 15.5 Å². The van der Waals surface area contributed by atoms with Gasteiger partial charge in [-0.1, -0.05) is 17.7 Å². The van der Waals surface area contributed by atoms with Crippen LogP contribution in [0.1, 0.15) is 28.7 Å². The monoisotopic (exact) mass is 455 g/mol. The van der Waals surface area contributed by atoms with Crippen LogP contribution in [-0.4, -0.2) is 34.9 Å². The number of ether oxygens (including phenoxy) is 2. The highest BCUT2D eigenvalue weighted by atomic mass is 35.5. The van der Waals surface area contributed by atoms with E-state index in [1.165, 1.54) is 24.8 Å². The molecule has 2 aromatic carbocycles. The Morgan fingerprint density at radius 3 is 2.44 bits per heavy atom. The van der Waals surface area contributed by atoms with Gasteiger partial charge in [-0.3, -0.25) is 9.59 Å². The summed E-state index contributed by atoms with van der Waals surface area (Å²) in [4.78, 5) is 37.6. The van der Waals surface area contributed by atoms with Crippen molar-refractivity contribution >= 4 is 29.2 Å². The molecule has 0 fully saturated rings. The summed E-state index contributed by atoms with van der Waals surface area (Å²) in [7, 11) is 1.48. The van der Waals surface area contributed by atoms with Gasteiger partial charge in [0.25, 0.3) is 5.91 Å². The van der Waals surface area contributed by atoms with E-state index in [-0.39, 0.29) is 0 Å². The number of methoxy groups -OCH3 is 1. The summed E-state index contributed by atoms with van der Waals surface area (Å²) < 4.78 is 11.9. The smallest absolute Gasteiger partial charge is 0.363 e. The summed E-state index contributed by atoms with van der Waals surface area (Å²) in [6, 6.07) is 13.3. The molecule has 1 N–H and O–H groups in total. The Kier molecular flexibility index (Phi) is 6.95. The number of halogens is 1. The molecule has 0 saturated carbocycles. The largest absolute Gasteiger partial charge is 0.495 e. The zero-order chi connectivity index (χ0) is 23.4. The van der Waals surface area contributed by atoms with E-state index in [0.29, 0.717) is 27.8 Å². The van der Waals surface area contributed by atoms with Crippen LogP contribution in [0.3, 0.4) is 0 Å². The number of carbonyl (C=O) groups excluding carboxylic acids is 2. The van der Waals surface area contributed by atoms with Crippen LogP contribution >= 0.6 is 11.6 Å².